The van der Waals surface area contributed by atoms with E-state index >= 15 is 0 Å². The van der Waals surface area contributed by atoms with E-state index in [9.17, 15) is 38.4 Å². The van der Waals surface area contributed by atoms with E-state index in [1.54, 1.807) is 44.2 Å². The second-order valence-electron chi connectivity index (χ2n) is 11.9. The number of benzene rings is 3. The van der Waals surface area contributed by atoms with E-state index in [1.165, 1.54) is 6.07 Å². The third kappa shape index (κ3) is 6.15. The fraction of sp³-hybridized carbons (Fsp3) is 0.394. The van der Waals surface area contributed by atoms with Gasteiger partial charge >= 0.3 is 11.9 Å². The Morgan fingerprint density at radius 3 is 1.60 bits per heavy atom. The smallest absolute Gasteiger partial charge is 0.317 e. The van der Waals surface area contributed by atoms with Crippen LogP contribution in [0.5, 0.6) is 11.5 Å². The summed E-state index contributed by atoms with van der Waals surface area (Å²) in [6.07, 6.45) is 0. The lowest BCUT2D eigenvalue weighted by molar-refractivity contribution is -0.137. The van der Waals surface area contributed by atoms with Gasteiger partial charge in [-0.3, -0.25) is 9.59 Å². The van der Waals surface area contributed by atoms with E-state index in [0.717, 1.165) is 0 Å². The third-order valence-corrected chi connectivity index (χ3v) is 9.72. The van der Waals surface area contributed by atoms with Gasteiger partial charge in [-0.1, -0.05) is 45.9 Å². The number of rotatable bonds is 12. The highest BCUT2D eigenvalue weighted by Crippen LogP contribution is 2.55. The lowest BCUT2D eigenvalue weighted by Crippen LogP contribution is -2.33. The van der Waals surface area contributed by atoms with Crippen LogP contribution in [0.4, 0.5) is 0 Å². The van der Waals surface area contributed by atoms with Crippen LogP contribution in [0.15, 0.2) is 41.3 Å². The molecule has 0 bridgehead atoms. The second-order valence-corrected chi connectivity index (χ2v) is 13.5. The highest BCUT2D eigenvalue weighted by atomic mass is 32.2. The van der Waals surface area contributed by atoms with Crippen molar-refractivity contribution in [2.45, 2.75) is 77.0 Å². The molecule has 0 saturated heterocycles. The number of nitrogens with one attached hydrogen (secondary N) is 2. The van der Waals surface area contributed by atoms with E-state index in [0.29, 0.717) is 50.1 Å². The molecule has 0 atom stereocenters. The van der Waals surface area contributed by atoms with Crippen molar-refractivity contribution in [1.29, 1.82) is 0 Å². The molecule has 11 nitrogen and oxygen atoms in total. The number of aliphatic carboxylic acids is 2. The number of phenolic OH excluding ortho intramolecular Hbond substituents is 2. The first-order chi connectivity index (χ1) is 21.0. The Kier molecular flexibility index (Phi) is 9.64. The minimum absolute atomic E-state index is 0.0157. The highest BCUT2D eigenvalue weighted by molar-refractivity contribution is 7.87. The summed E-state index contributed by atoms with van der Waals surface area (Å²) in [4.78, 5) is 22.5. The summed E-state index contributed by atoms with van der Waals surface area (Å²) >= 11 is 0. The number of carbonyl (C=O) groups is 2. The molecule has 0 aromatic heterocycles. The largest absolute Gasteiger partial charge is 0.507 e. The maximum absolute atomic E-state index is 13.8. The van der Waals surface area contributed by atoms with E-state index in [-0.39, 0.29) is 54.4 Å². The highest BCUT2D eigenvalue weighted by Gasteiger charge is 2.53. The molecule has 3 aromatic carbocycles. The minimum atomic E-state index is -4.32. The zero-order valence-electron chi connectivity index (χ0n) is 26.2. The molecular formula is C33H40N2O9S. The van der Waals surface area contributed by atoms with E-state index in [1.807, 2.05) is 27.7 Å². The van der Waals surface area contributed by atoms with Gasteiger partial charge in [0.1, 0.15) is 16.4 Å². The van der Waals surface area contributed by atoms with Crippen molar-refractivity contribution in [2.24, 2.45) is 0 Å². The van der Waals surface area contributed by atoms with Gasteiger partial charge < -0.3 is 31.1 Å². The van der Waals surface area contributed by atoms with Crippen molar-refractivity contribution in [2.75, 3.05) is 13.1 Å². The number of fused-ring (bicyclic) bond motifs is 1. The van der Waals surface area contributed by atoms with Crippen LogP contribution >= 0.6 is 0 Å². The van der Waals surface area contributed by atoms with Gasteiger partial charge in [0.15, 0.2) is 5.60 Å². The number of hydrogen-bond donors (Lipinski definition) is 6. The summed E-state index contributed by atoms with van der Waals surface area (Å²) in [6, 6.07) is 9.92. The molecule has 1 aliphatic heterocycles. The SMILES string of the molecule is Cc1c(C2(c3cc(C(C)C)c(O)c(CNCC(=O)O)c3C)OS(=O)(=O)c3ccccc32)cc(C(C)C)c(O)c1CNCC(=O)O. The lowest BCUT2D eigenvalue weighted by atomic mass is 9.73. The molecule has 1 aliphatic rings. The Bertz CT molecular complexity index is 1680. The average molecular weight is 641 g/mol. The van der Waals surface area contributed by atoms with Gasteiger partial charge in [-0.05, 0) is 77.3 Å². The van der Waals surface area contributed by atoms with Gasteiger partial charge in [0.2, 0.25) is 0 Å². The maximum Gasteiger partial charge on any atom is 0.317 e. The van der Waals surface area contributed by atoms with Crippen LogP contribution < -0.4 is 10.6 Å². The predicted octanol–water partition coefficient (Wildman–Crippen LogP) is 4.32. The zero-order chi connectivity index (χ0) is 33.4. The fourth-order valence-corrected chi connectivity index (χ4v) is 7.50. The van der Waals surface area contributed by atoms with Gasteiger partial charge in [-0.2, -0.15) is 8.42 Å². The topological polar surface area (TPSA) is 182 Å². The molecule has 3 aromatic rings. The predicted molar refractivity (Wildman–Crippen MR) is 167 cm³/mol. The summed E-state index contributed by atoms with van der Waals surface area (Å²) < 4.78 is 33.9. The number of carboxylic acids is 2. The second kappa shape index (κ2) is 12.8. The molecule has 45 heavy (non-hydrogen) atoms. The third-order valence-electron chi connectivity index (χ3n) is 8.36. The summed E-state index contributed by atoms with van der Waals surface area (Å²) in [5.74, 6) is -2.64. The Balaban J connectivity index is 2.17. The first-order valence-corrected chi connectivity index (χ1v) is 16.1. The number of phenols is 2. The first-order valence-electron chi connectivity index (χ1n) is 14.7. The van der Waals surface area contributed by atoms with Crippen molar-refractivity contribution in [3.05, 3.63) is 86.5 Å². The quantitative estimate of drug-likeness (QED) is 0.155. The zero-order valence-corrected chi connectivity index (χ0v) is 27.0. The Labute approximate surface area is 263 Å². The van der Waals surface area contributed by atoms with E-state index in [2.05, 4.69) is 10.6 Å². The van der Waals surface area contributed by atoms with Crippen molar-refractivity contribution >= 4 is 22.1 Å². The van der Waals surface area contributed by atoms with Gasteiger partial charge in [0, 0.05) is 29.8 Å². The van der Waals surface area contributed by atoms with E-state index in [4.69, 9.17) is 4.18 Å². The molecule has 0 aliphatic carbocycles. The molecule has 242 valence electrons. The minimum Gasteiger partial charge on any atom is -0.507 e. The van der Waals surface area contributed by atoms with Gasteiger partial charge in [-0.25, -0.2) is 4.18 Å². The molecule has 0 unspecified atom stereocenters. The van der Waals surface area contributed by atoms with Crippen LogP contribution in [-0.4, -0.2) is 53.9 Å². The normalized spacial score (nSPS) is 15.0. The average Bonchev–Trinajstić information content (AvgIpc) is 3.19. The maximum atomic E-state index is 13.8. The Hall–Kier alpha value is -3.97. The van der Waals surface area contributed by atoms with Crippen molar-refractivity contribution < 1.29 is 42.6 Å². The Morgan fingerprint density at radius 2 is 1.20 bits per heavy atom. The van der Waals surface area contributed by atoms with Crippen molar-refractivity contribution in [1.82, 2.24) is 10.6 Å². The molecule has 6 N–H and O–H groups in total. The van der Waals surface area contributed by atoms with Crippen LogP contribution in [0.3, 0.4) is 0 Å². The molecule has 4 rings (SSSR count). The van der Waals surface area contributed by atoms with Crippen molar-refractivity contribution in [3.8, 4) is 11.5 Å². The van der Waals surface area contributed by atoms with Crippen LogP contribution in [0.25, 0.3) is 0 Å². The van der Waals surface area contributed by atoms with Gasteiger partial charge in [0.25, 0.3) is 10.1 Å². The van der Waals surface area contributed by atoms with Gasteiger partial charge in [0.05, 0.1) is 13.1 Å². The Morgan fingerprint density at radius 1 is 0.778 bits per heavy atom. The summed E-state index contributed by atoms with van der Waals surface area (Å²) in [5.41, 5.74) is 2.21. The molecule has 0 spiro atoms. The first kappa shape index (κ1) is 33.9. The summed E-state index contributed by atoms with van der Waals surface area (Å²) in [5, 5.41) is 46.9. The van der Waals surface area contributed by atoms with Crippen LogP contribution in [0.1, 0.15) is 89.6 Å². The van der Waals surface area contributed by atoms with Gasteiger partial charge in [-0.15, -0.1) is 0 Å². The summed E-state index contributed by atoms with van der Waals surface area (Å²) in [6.45, 7) is 10.2. The molecule has 0 radical (unpaired) electrons. The molecule has 0 fully saturated rings. The van der Waals surface area contributed by atoms with E-state index < -0.39 is 27.7 Å². The van der Waals surface area contributed by atoms with Crippen molar-refractivity contribution in [3.63, 3.8) is 0 Å². The molecule has 0 saturated carbocycles. The standard InChI is InChI=1S/C33H40N2O9S/c1-17(2)21-11-26(19(5)23(31(21)40)13-34-15-29(36)37)33(25-9-7-8-10-28(25)45(42,43)44-33)27-12-22(18(3)4)32(41)24(20(27)6)14-35-16-30(38)39/h7-12,17-18,34-35,40-41H,13-16H2,1-6H3,(H,36,37)(H,38,39). The molecule has 0 amide bonds. The van der Waals surface area contributed by atoms with Crippen LogP contribution in [0.2, 0.25) is 0 Å². The summed E-state index contributed by atoms with van der Waals surface area (Å²) in [7, 11) is -4.32. The molecule has 1 heterocycles. The monoisotopic (exact) mass is 640 g/mol. The molecule has 12 heteroatoms. The van der Waals surface area contributed by atoms with Crippen LogP contribution in [-0.2, 0) is 42.6 Å². The number of aromatic hydroxyl groups is 2. The lowest BCUT2D eigenvalue weighted by Gasteiger charge is -2.35. The molecular weight excluding hydrogens is 600 g/mol. The fourth-order valence-electron chi connectivity index (χ4n) is 6.08. The number of carboxylic acid groups (broad SMARTS) is 2. The number of hydrogen-bond acceptors (Lipinski definition) is 9. The van der Waals surface area contributed by atoms with Crippen LogP contribution in [0, 0.1) is 13.8 Å².